The van der Waals surface area contributed by atoms with Gasteiger partial charge in [-0.2, -0.15) is 0 Å². The lowest BCUT2D eigenvalue weighted by atomic mass is 9.88. The van der Waals surface area contributed by atoms with Gasteiger partial charge in [0, 0.05) is 43.0 Å². The fourth-order valence-electron chi connectivity index (χ4n) is 5.29. The van der Waals surface area contributed by atoms with Crippen LogP contribution in [-0.2, 0) is 40.8 Å². The lowest BCUT2D eigenvalue weighted by Crippen LogP contribution is -2.33. The molecule has 2 aliphatic rings. The first-order chi connectivity index (χ1) is 19.9. The molecule has 3 aromatic carbocycles. The van der Waals surface area contributed by atoms with Crippen LogP contribution < -0.4 is 10.0 Å². The summed E-state index contributed by atoms with van der Waals surface area (Å²) in [5.74, 6) is -2.39. The van der Waals surface area contributed by atoms with E-state index in [4.69, 9.17) is 5.14 Å². The molecule has 1 aromatic heterocycles. The van der Waals surface area contributed by atoms with Gasteiger partial charge in [0.25, 0.3) is 5.92 Å². The van der Waals surface area contributed by atoms with Gasteiger partial charge in [0.15, 0.2) is 0 Å². The Morgan fingerprint density at radius 3 is 2.45 bits per heavy atom. The Balaban J connectivity index is 0.000000271. The summed E-state index contributed by atoms with van der Waals surface area (Å²) in [5, 5.41) is 4.76. The molecule has 1 heterocycles. The number of aromatic nitrogens is 2. The van der Waals surface area contributed by atoms with E-state index in [0.29, 0.717) is 30.6 Å². The zero-order valence-corrected chi connectivity index (χ0v) is 23.8. The number of carbonyl (C=O) groups is 1. The number of primary sulfonamides is 1. The minimum atomic E-state index is -3.69. The standard InChI is InChI=1S/C25H25F2N3O.C6H6FNO2S/c1-29-13-12-28-23(29)16-30(24(31)21-15-20(21)17-6-3-2-4-7-17)19-9-10-22-18(14-19)8-5-11-25(22,26)27;7-5-1-3-6(4-2-5)11(8,9)10/h2-4,6-7,9-10,12-14,20-21H,5,8,11,15-16H2,1H3;1-4H,(H2,8,9,10)/t20-,21+;/m1./s1. The third kappa shape index (κ3) is 6.57. The van der Waals surface area contributed by atoms with Gasteiger partial charge in [-0.25, -0.2) is 31.7 Å². The van der Waals surface area contributed by atoms with E-state index in [1.807, 2.05) is 36.0 Å². The van der Waals surface area contributed by atoms with Crippen molar-refractivity contribution >= 4 is 21.6 Å². The number of anilines is 1. The smallest absolute Gasteiger partial charge is 0.273 e. The Hall–Kier alpha value is -3.96. The SMILES string of the molecule is Cn1ccnc1CN(C(=O)[C@H]1C[C@@H]1c1ccccc1)c1ccc2c(c1)CCCC2(F)F.NS(=O)(=O)c1ccc(F)cc1. The monoisotopic (exact) mass is 596 g/mol. The number of nitrogens with two attached hydrogens (primary N) is 1. The normalized spacial score (nSPS) is 18.8. The van der Waals surface area contributed by atoms with Crippen LogP contribution in [0.4, 0.5) is 18.9 Å². The molecule has 220 valence electrons. The molecule has 2 atom stereocenters. The molecule has 42 heavy (non-hydrogen) atoms. The molecule has 11 heteroatoms. The molecule has 0 spiro atoms. The van der Waals surface area contributed by atoms with Gasteiger partial charge in [0.2, 0.25) is 15.9 Å². The van der Waals surface area contributed by atoms with Crippen LogP contribution >= 0.6 is 0 Å². The molecular formula is C31H31F3N4O3S. The van der Waals surface area contributed by atoms with E-state index >= 15 is 0 Å². The highest BCUT2D eigenvalue weighted by molar-refractivity contribution is 7.89. The van der Waals surface area contributed by atoms with E-state index in [-0.39, 0.29) is 34.6 Å². The van der Waals surface area contributed by atoms with Crippen molar-refractivity contribution in [1.29, 1.82) is 0 Å². The number of hydrogen-bond donors (Lipinski definition) is 1. The molecule has 1 fully saturated rings. The third-order valence-corrected chi connectivity index (χ3v) is 8.62. The van der Waals surface area contributed by atoms with Crippen molar-refractivity contribution in [2.24, 2.45) is 18.1 Å². The van der Waals surface area contributed by atoms with Crippen molar-refractivity contribution < 1.29 is 26.4 Å². The van der Waals surface area contributed by atoms with Crippen LogP contribution in [0.5, 0.6) is 0 Å². The van der Waals surface area contributed by atoms with Crippen molar-refractivity contribution in [3.8, 4) is 0 Å². The number of fused-ring (bicyclic) bond motifs is 1. The topological polar surface area (TPSA) is 98.3 Å². The van der Waals surface area contributed by atoms with Crippen molar-refractivity contribution in [3.63, 3.8) is 0 Å². The highest BCUT2D eigenvalue weighted by Crippen LogP contribution is 2.49. The van der Waals surface area contributed by atoms with Crippen LogP contribution in [-0.4, -0.2) is 23.9 Å². The van der Waals surface area contributed by atoms with Gasteiger partial charge in [-0.3, -0.25) is 4.79 Å². The molecule has 0 aliphatic heterocycles. The molecule has 7 nitrogen and oxygen atoms in total. The predicted molar refractivity (Wildman–Crippen MR) is 153 cm³/mol. The van der Waals surface area contributed by atoms with Crippen molar-refractivity contribution in [2.75, 3.05) is 4.90 Å². The Bertz CT molecular complexity index is 1680. The number of nitrogens with zero attached hydrogens (tertiary/aromatic N) is 3. The van der Waals surface area contributed by atoms with Crippen LogP contribution in [0.1, 0.15) is 47.7 Å². The summed E-state index contributed by atoms with van der Waals surface area (Å²) in [6.07, 6.45) is 5.30. The lowest BCUT2D eigenvalue weighted by Gasteiger charge is -2.28. The number of imidazole rings is 1. The van der Waals surface area contributed by atoms with Crippen LogP contribution in [0, 0.1) is 11.7 Å². The number of carbonyl (C=O) groups excluding carboxylic acids is 1. The zero-order valence-electron chi connectivity index (χ0n) is 23.0. The fourth-order valence-corrected chi connectivity index (χ4v) is 5.81. The first-order valence-electron chi connectivity index (χ1n) is 13.6. The first-order valence-corrected chi connectivity index (χ1v) is 15.1. The number of rotatable bonds is 6. The number of amides is 1. The van der Waals surface area contributed by atoms with Gasteiger partial charge < -0.3 is 9.47 Å². The van der Waals surface area contributed by atoms with Gasteiger partial charge in [0.1, 0.15) is 11.6 Å². The Morgan fingerprint density at radius 1 is 1.10 bits per heavy atom. The Kier molecular flexibility index (Phi) is 8.25. The van der Waals surface area contributed by atoms with E-state index < -0.39 is 21.8 Å². The molecule has 4 aromatic rings. The summed E-state index contributed by atoms with van der Waals surface area (Å²) >= 11 is 0. The second kappa shape index (κ2) is 11.7. The van der Waals surface area contributed by atoms with E-state index in [2.05, 4.69) is 17.1 Å². The second-order valence-corrected chi connectivity index (χ2v) is 12.2. The van der Waals surface area contributed by atoms with Crippen molar-refractivity contribution in [3.05, 3.63) is 114 Å². The number of benzene rings is 3. The van der Waals surface area contributed by atoms with Gasteiger partial charge in [-0.05, 0) is 72.7 Å². The average molecular weight is 597 g/mol. The highest BCUT2D eigenvalue weighted by Gasteiger charge is 2.46. The number of halogens is 3. The summed E-state index contributed by atoms with van der Waals surface area (Å²) in [4.78, 5) is 19.6. The first kappa shape index (κ1) is 29.5. The largest absolute Gasteiger partial charge is 0.337 e. The number of aryl methyl sites for hydroxylation is 2. The minimum Gasteiger partial charge on any atom is -0.337 e. The predicted octanol–water partition coefficient (Wildman–Crippen LogP) is 5.66. The molecule has 1 amide bonds. The summed E-state index contributed by atoms with van der Waals surface area (Å²) < 4.78 is 64.0. The molecule has 1 saturated carbocycles. The summed E-state index contributed by atoms with van der Waals surface area (Å²) in [5.41, 5.74) is 2.58. The summed E-state index contributed by atoms with van der Waals surface area (Å²) in [7, 11) is -1.80. The van der Waals surface area contributed by atoms with E-state index in [0.717, 1.165) is 36.5 Å². The van der Waals surface area contributed by atoms with Crippen molar-refractivity contribution in [1.82, 2.24) is 9.55 Å². The van der Waals surface area contributed by atoms with Crippen LogP contribution in [0.2, 0.25) is 0 Å². The maximum atomic E-state index is 14.3. The molecule has 0 saturated heterocycles. The van der Waals surface area contributed by atoms with Crippen LogP contribution in [0.25, 0.3) is 0 Å². The maximum absolute atomic E-state index is 14.3. The Morgan fingerprint density at radius 2 is 1.81 bits per heavy atom. The molecule has 0 bridgehead atoms. The van der Waals surface area contributed by atoms with Crippen LogP contribution in [0.3, 0.4) is 0 Å². The number of hydrogen-bond acceptors (Lipinski definition) is 4. The quantitative estimate of drug-likeness (QED) is 0.311. The van der Waals surface area contributed by atoms with Gasteiger partial charge in [0.05, 0.1) is 11.4 Å². The number of sulfonamides is 1. The summed E-state index contributed by atoms with van der Waals surface area (Å²) in [6, 6.07) is 19.3. The van der Waals surface area contributed by atoms with Gasteiger partial charge in [-0.15, -0.1) is 0 Å². The number of alkyl halides is 2. The van der Waals surface area contributed by atoms with Gasteiger partial charge in [-0.1, -0.05) is 36.4 Å². The fraction of sp³-hybridized carbons (Fsp3) is 0.290. The summed E-state index contributed by atoms with van der Waals surface area (Å²) in [6.45, 7) is 0.315. The van der Waals surface area contributed by atoms with Crippen molar-refractivity contribution in [2.45, 2.75) is 49.0 Å². The molecule has 2 aliphatic carbocycles. The molecule has 0 unspecified atom stereocenters. The zero-order chi connectivity index (χ0) is 30.1. The van der Waals surface area contributed by atoms with Gasteiger partial charge >= 0.3 is 0 Å². The van der Waals surface area contributed by atoms with Crippen LogP contribution in [0.15, 0.2) is 90.1 Å². The molecule has 2 N–H and O–H groups in total. The maximum Gasteiger partial charge on any atom is 0.273 e. The Labute approximate surface area is 242 Å². The van der Waals surface area contributed by atoms with E-state index in [1.54, 1.807) is 23.2 Å². The highest BCUT2D eigenvalue weighted by atomic mass is 32.2. The average Bonchev–Trinajstić information content (AvgIpc) is 3.66. The van der Waals surface area contributed by atoms with E-state index in [1.165, 1.54) is 11.6 Å². The minimum absolute atomic E-state index is 0.0272. The lowest BCUT2D eigenvalue weighted by molar-refractivity contribution is -0.120. The second-order valence-electron chi connectivity index (χ2n) is 10.6. The molecular weight excluding hydrogens is 565 g/mol. The third-order valence-electron chi connectivity index (χ3n) is 7.70. The molecule has 6 rings (SSSR count). The van der Waals surface area contributed by atoms with E-state index in [9.17, 15) is 26.4 Å². The molecule has 0 radical (unpaired) electrons.